The molecular formula is C18H32O2Si. The highest BCUT2D eigenvalue weighted by Gasteiger charge is 2.46. The molecule has 2 aliphatic carbocycles. The van der Waals surface area contributed by atoms with Gasteiger partial charge in [0.2, 0.25) is 0 Å². The van der Waals surface area contributed by atoms with Gasteiger partial charge < -0.3 is 8.85 Å². The van der Waals surface area contributed by atoms with Gasteiger partial charge in [0.05, 0.1) is 0 Å². The van der Waals surface area contributed by atoms with Crippen LogP contribution >= 0.6 is 0 Å². The molecule has 0 aromatic rings. The minimum absolute atomic E-state index is 0.838. The van der Waals surface area contributed by atoms with Gasteiger partial charge in [-0.1, -0.05) is 26.0 Å². The SMILES string of the molecule is CCCO[Si](OCCC)(C1=CCCCC1)C1=CCCCC1. The van der Waals surface area contributed by atoms with Gasteiger partial charge in [0.1, 0.15) is 0 Å². The molecule has 0 radical (unpaired) electrons. The van der Waals surface area contributed by atoms with Crippen molar-refractivity contribution in [3.63, 3.8) is 0 Å². The van der Waals surface area contributed by atoms with E-state index >= 15 is 0 Å². The molecule has 0 fully saturated rings. The average Bonchev–Trinajstić information content (AvgIpc) is 2.57. The van der Waals surface area contributed by atoms with Gasteiger partial charge in [0.15, 0.2) is 0 Å². The first kappa shape index (κ1) is 17.0. The van der Waals surface area contributed by atoms with Crippen LogP contribution in [0.5, 0.6) is 0 Å². The fraction of sp³-hybridized carbons (Fsp3) is 0.778. The average molecular weight is 309 g/mol. The summed E-state index contributed by atoms with van der Waals surface area (Å²) in [5.41, 5.74) is 0. The molecule has 2 aliphatic rings. The lowest BCUT2D eigenvalue weighted by molar-refractivity contribution is 0.180. The van der Waals surface area contributed by atoms with Crippen LogP contribution in [0.15, 0.2) is 22.5 Å². The Morgan fingerprint density at radius 2 is 1.29 bits per heavy atom. The van der Waals surface area contributed by atoms with Gasteiger partial charge in [-0.3, -0.25) is 0 Å². The molecule has 0 spiro atoms. The van der Waals surface area contributed by atoms with Crippen molar-refractivity contribution in [1.29, 1.82) is 0 Å². The van der Waals surface area contributed by atoms with Crippen molar-refractivity contribution in [1.82, 2.24) is 0 Å². The second-order valence-corrected chi connectivity index (χ2v) is 9.36. The monoisotopic (exact) mass is 308 g/mol. The van der Waals surface area contributed by atoms with E-state index in [0.29, 0.717) is 0 Å². The lowest BCUT2D eigenvalue weighted by Crippen LogP contribution is -2.48. The van der Waals surface area contributed by atoms with Crippen molar-refractivity contribution >= 4 is 8.56 Å². The number of rotatable bonds is 8. The molecule has 21 heavy (non-hydrogen) atoms. The predicted octanol–water partition coefficient (Wildman–Crippen LogP) is 5.36. The third-order valence-corrected chi connectivity index (χ3v) is 8.27. The minimum Gasteiger partial charge on any atom is -0.388 e. The van der Waals surface area contributed by atoms with Crippen LogP contribution in [-0.4, -0.2) is 21.8 Å². The lowest BCUT2D eigenvalue weighted by atomic mass is 10.1. The molecule has 2 rings (SSSR count). The molecule has 0 unspecified atom stereocenters. The topological polar surface area (TPSA) is 18.5 Å². The van der Waals surface area contributed by atoms with Crippen LogP contribution in [0.1, 0.15) is 78.1 Å². The van der Waals surface area contributed by atoms with Crippen molar-refractivity contribution in [2.75, 3.05) is 13.2 Å². The maximum atomic E-state index is 6.54. The van der Waals surface area contributed by atoms with Gasteiger partial charge in [-0.05, 0) is 74.6 Å². The summed E-state index contributed by atoms with van der Waals surface area (Å²) in [6.07, 6.45) is 17.1. The van der Waals surface area contributed by atoms with Crippen LogP contribution in [0.25, 0.3) is 0 Å². The summed E-state index contributed by atoms with van der Waals surface area (Å²) in [6.45, 7) is 6.07. The van der Waals surface area contributed by atoms with E-state index in [-0.39, 0.29) is 0 Å². The highest BCUT2D eigenvalue weighted by atomic mass is 28.4. The second kappa shape index (κ2) is 8.91. The van der Waals surface area contributed by atoms with Crippen molar-refractivity contribution in [3.8, 4) is 0 Å². The molecule has 0 aliphatic heterocycles. The summed E-state index contributed by atoms with van der Waals surface area (Å²) in [5, 5.41) is 3.06. The van der Waals surface area contributed by atoms with Crippen molar-refractivity contribution in [2.45, 2.75) is 78.1 Å². The van der Waals surface area contributed by atoms with E-state index in [4.69, 9.17) is 8.85 Å². The van der Waals surface area contributed by atoms with Gasteiger partial charge in [0, 0.05) is 13.2 Å². The smallest absolute Gasteiger partial charge is 0.388 e. The maximum Gasteiger partial charge on any atom is 0.398 e. The lowest BCUT2D eigenvalue weighted by Gasteiger charge is -2.37. The molecule has 0 atom stereocenters. The molecule has 0 heterocycles. The van der Waals surface area contributed by atoms with E-state index in [2.05, 4.69) is 26.0 Å². The van der Waals surface area contributed by atoms with E-state index in [1.165, 1.54) is 61.8 Å². The molecule has 120 valence electrons. The van der Waals surface area contributed by atoms with Crippen LogP contribution in [0.4, 0.5) is 0 Å². The van der Waals surface area contributed by atoms with Crippen molar-refractivity contribution in [3.05, 3.63) is 22.5 Å². The molecule has 0 N–H and O–H groups in total. The molecule has 0 saturated carbocycles. The maximum absolute atomic E-state index is 6.54. The Bertz CT molecular complexity index is 337. The first-order valence-corrected chi connectivity index (χ1v) is 10.8. The fourth-order valence-electron chi connectivity index (χ4n) is 3.38. The van der Waals surface area contributed by atoms with Crippen LogP contribution in [0, 0.1) is 0 Å². The molecule has 3 heteroatoms. The van der Waals surface area contributed by atoms with E-state index in [1.807, 2.05) is 0 Å². The first-order chi connectivity index (χ1) is 10.3. The van der Waals surface area contributed by atoms with E-state index in [1.54, 1.807) is 0 Å². The summed E-state index contributed by atoms with van der Waals surface area (Å²) >= 11 is 0. The first-order valence-electron chi connectivity index (χ1n) is 9.00. The number of hydrogen-bond donors (Lipinski definition) is 0. The quantitative estimate of drug-likeness (QED) is 0.562. The molecule has 0 aromatic heterocycles. The highest BCUT2D eigenvalue weighted by Crippen LogP contribution is 2.37. The molecule has 2 nitrogen and oxygen atoms in total. The Labute approximate surface area is 131 Å². The van der Waals surface area contributed by atoms with Gasteiger partial charge in [0.25, 0.3) is 0 Å². The fourth-order valence-corrected chi connectivity index (χ4v) is 7.44. The number of hydrogen-bond acceptors (Lipinski definition) is 2. The molecule has 0 bridgehead atoms. The summed E-state index contributed by atoms with van der Waals surface area (Å²) < 4.78 is 13.1. The minimum atomic E-state index is -2.31. The van der Waals surface area contributed by atoms with E-state index < -0.39 is 8.56 Å². The van der Waals surface area contributed by atoms with Crippen LogP contribution in [0.2, 0.25) is 0 Å². The van der Waals surface area contributed by atoms with Gasteiger partial charge in [-0.15, -0.1) is 0 Å². The van der Waals surface area contributed by atoms with Gasteiger partial charge >= 0.3 is 8.56 Å². The second-order valence-electron chi connectivity index (χ2n) is 6.26. The Kier molecular flexibility index (Phi) is 7.21. The summed E-state index contributed by atoms with van der Waals surface area (Å²) in [7, 11) is -2.31. The molecular weight excluding hydrogens is 276 g/mol. The summed E-state index contributed by atoms with van der Waals surface area (Å²) in [6, 6.07) is 0. The summed E-state index contributed by atoms with van der Waals surface area (Å²) in [5.74, 6) is 0. The Balaban J connectivity index is 2.30. The largest absolute Gasteiger partial charge is 0.398 e. The Hall–Kier alpha value is -0.383. The zero-order chi connectivity index (χ0) is 15.0. The summed E-state index contributed by atoms with van der Waals surface area (Å²) in [4.78, 5) is 0. The van der Waals surface area contributed by atoms with E-state index in [9.17, 15) is 0 Å². The third-order valence-electron chi connectivity index (χ3n) is 4.45. The predicted molar refractivity (Wildman–Crippen MR) is 91.3 cm³/mol. The van der Waals surface area contributed by atoms with Gasteiger partial charge in [-0.2, -0.15) is 0 Å². The highest BCUT2D eigenvalue weighted by molar-refractivity contribution is 6.81. The molecule has 0 aromatic carbocycles. The van der Waals surface area contributed by atoms with Crippen LogP contribution < -0.4 is 0 Å². The Morgan fingerprint density at radius 3 is 1.62 bits per heavy atom. The Morgan fingerprint density at radius 1 is 0.810 bits per heavy atom. The normalized spacial score (nSPS) is 20.1. The molecule has 0 saturated heterocycles. The standard InChI is InChI=1S/C18H32O2Si/c1-3-15-19-21(20-16-4-2,17-11-7-5-8-12-17)18-13-9-6-10-14-18/h11,13H,3-10,12,14-16H2,1-2H3. The van der Waals surface area contributed by atoms with Crippen LogP contribution in [0.3, 0.4) is 0 Å². The van der Waals surface area contributed by atoms with Crippen LogP contribution in [-0.2, 0) is 8.85 Å². The third kappa shape index (κ3) is 4.30. The zero-order valence-corrected chi connectivity index (χ0v) is 15.0. The van der Waals surface area contributed by atoms with Gasteiger partial charge in [-0.25, -0.2) is 0 Å². The number of allylic oxidation sites excluding steroid dienone is 4. The van der Waals surface area contributed by atoms with E-state index in [0.717, 1.165) is 26.1 Å². The van der Waals surface area contributed by atoms with Crippen molar-refractivity contribution in [2.24, 2.45) is 0 Å². The van der Waals surface area contributed by atoms with Crippen molar-refractivity contribution < 1.29 is 8.85 Å². The molecule has 0 amide bonds. The zero-order valence-electron chi connectivity index (χ0n) is 14.0.